The normalized spacial score (nSPS) is 11.3. The van der Waals surface area contributed by atoms with Crippen LogP contribution in [0.2, 0.25) is 0 Å². The van der Waals surface area contributed by atoms with Crippen molar-refractivity contribution >= 4 is 25.3 Å². The third-order valence-corrected chi connectivity index (χ3v) is 4.44. The molecule has 110 valence electrons. The van der Waals surface area contributed by atoms with E-state index >= 15 is 0 Å². The van der Waals surface area contributed by atoms with E-state index in [-0.39, 0.29) is 11.7 Å². The third-order valence-electron chi connectivity index (χ3n) is 2.65. The van der Waals surface area contributed by atoms with E-state index in [9.17, 15) is 9.36 Å². The number of rotatable bonds is 5. The second-order valence-corrected chi connectivity index (χ2v) is 7.19. The zero-order valence-electron chi connectivity index (χ0n) is 10.8. The first-order chi connectivity index (χ1) is 9.83. The lowest BCUT2D eigenvalue weighted by Gasteiger charge is -2.06. The van der Waals surface area contributed by atoms with Gasteiger partial charge in [0.2, 0.25) is 0 Å². The molecule has 7 heteroatoms. The van der Waals surface area contributed by atoms with Crippen molar-refractivity contribution in [2.24, 2.45) is 0 Å². The van der Waals surface area contributed by atoms with E-state index in [0.717, 1.165) is 9.79 Å². The number of hydrogen-bond donors (Lipinski definition) is 3. The van der Waals surface area contributed by atoms with Gasteiger partial charge in [0.05, 0.1) is 11.7 Å². The Morgan fingerprint density at radius 2 is 1.43 bits per heavy atom. The molecule has 0 saturated carbocycles. The van der Waals surface area contributed by atoms with Gasteiger partial charge in [-0.15, -0.1) is 0 Å². The molecule has 0 bridgehead atoms. The maximum atomic E-state index is 10.9. The van der Waals surface area contributed by atoms with Gasteiger partial charge in [-0.05, 0) is 42.0 Å². The van der Waals surface area contributed by atoms with E-state index in [1.807, 2.05) is 0 Å². The lowest BCUT2D eigenvalue weighted by molar-refractivity contribution is 0.0696. The van der Waals surface area contributed by atoms with Crippen molar-refractivity contribution in [2.45, 2.75) is 16.0 Å². The predicted octanol–water partition coefficient (Wildman–Crippen LogP) is 3.21. The van der Waals surface area contributed by atoms with Crippen molar-refractivity contribution in [1.82, 2.24) is 0 Å². The highest BCUT2D eigenvalue weighted by molar-refractivity contribution is 7.99. The lowest BCUT2D eigenvalue weighted by Crippen LogP contribution is -1.94. The second kappa shape index (κ2) is 6.45. The summed E-state index contributed by atoms with van der Waals surface area (Å²) in [7, 11) is -4.05. The van der Waals surface area contributed by atoms with Crippen molar-refractivity contribution in [3.05, 3.63) is 59.7 Å². The Kier molecular flexibility index (Phi) is 4.85. The van der Waals surface area contributed by atoms with Crippen LogP contribution >= 0.6 is 19.4 Å². The molecule has 5 nitrogen and oxygen atoms in total. The Balaban J connectivity index is 2.06. The van der Waals surface area contributed by atoms with E-state index in [4.69, 9.17) is 14.9 Å². The lowest BCUT2D eigenvalue weighted by atomic mass is 10.2. The van der Waals surface area contributed by atoms with E-state index in [0.29, 0.717) is 5.56 Å². The number of benzene rings is 2. The van der Waals surface area contributed by atoms with Crippen molar-refractivity contribution in [2.75, 3.05) is 0 Å². The minimum Gasteiger partial charge on any atom is -0.478 e. The van der Waals surface area contributed by atoms with Gasteiger partial charge in [-0.3, -0.25) is 4.57 Å². The minimum absolute atomic E-state index is 0.233. The quantitative estimate of drug-likeness (QED) is 0.731. The summed E-state index contributed by atoms with van der Waals surface area (Å²) in [5.74, 6) is -0.965. The molecule has 0 radical (unpaired) electrons. The summed E-state index contributed by atoms with van der Waals surface area (Å²) in [6, 6.07) is 13.4. The van der Waals surface area contributed by atoms with Gasteiger partial charge in [0, 0.05) is 9.79 Å². The van der Waals surface area contributed by atoms with Gasteiger partial charge in [0.25, 0.3) is 0 Å². The van der Waals surface area contributed by atoms with Crippen LogP contribution in [-0.4, -0.2) is 20.9 Å². The monoisotopic (exact) mass is 324 g/mol. The van der Waals surface area contributed by atoms with Crippen LogP contribution in [0.3, 0.4) is 0 Å². The molecule has 0 spiro atoms. The molecule has 0 aliphatic rings. The van der Waals surface area contributed by atoms with Gasteiger partial charge < -0.3 is 14.9 Å². The zero-order chi connectivity index (χ0) is 15.5. The summed E-state index contributed by atoms with van der Waals surface area (Å²) in [5, 5.41) is 8.82. The summed E-state index contributed by atoms with van der Waals surface area (Å²) in [6.07, 6.45) is -0.273. The molecule has 21 heavy (non-hydrogen) atoms. The largest absolute Gasteiger partial charge is 0.478 e. The van der Waals surface area contributed by atoms with E-state index in [1.165, 1.54) is 23.9 Å². The van der Waals surface area contributed by atoms with Crippen LogP contribution in [0.5, 0.6) is 0 Å². The molecule has 0 atom stereocenters. The van der Waals surface area contributed by atoms with Crippen molar-refractivity contribution in [3.63, 3.8) is 0 Å². The minimum atomic E-state index is -4.05. The summed E-state index contributed by atoms with van der Waals surface area (Å²) in [4.78, 5) is 30.4. The van der Waals surface area contributed by atoms with Crippen LogP contribution in [0, 0.1) is 0 Å². The molecule has 3 N–H and O–H groups in total. The molecule has 2 aromatic carbocycles. The summed E-state index contributed by atoms with van der Waals surface area (Å²) < 4.78 is 10.9. The highest BCUT2D eigenvalue weighted by atomic mass is 32.2. The molecule has 0 saturated heterocycles. The van der Waals surface area contributed by atoms with Crippen LogP contribution < -0.4 is 0 Å². The Bertz CT molecular complexity index is 676. The fraction of sp³-hybridized carbons (Fsp3) is 0.0714. The van der Waals surface area contributed by atoms with Crippen molar-refractivity contribution in [3.8, 4) is 0 Å². The van der Waals surface area contributed by atoms with E-state index < -0.39 is 13.6 Å². The molecule has 0 aromatic heterocycles. The highest BCUT2D eigenvalue weighted by Gasteiger charge is 2.13. The maximum Gasteiger partial charge on any atom is 0.335 e. The zero-order valence-corrected chi connectivity index (χ0v) is 12.6. The molecule has 2 aromatic rings. The SMILES string of the molecule is O=C(O)c1ccc(Sc2ccc(CP(=O)(O)O)cc2)cc1. The molecule has 0 amide bonds. The number of hydrogen-bond acceptors (Lipinski definition) is 3. The van der Waals surface area contributed by atoms with Gasteiger partial charge in [0.15, 0.2) is 0 Å². The van der Waals surface area contributed by atoms with Crippen molar-refractivity contribution < 1.29 is 24.3 Å². The molecular formula is C14H13O5PS. The number of carboxylic acids is 1. The third kappa shape index (κ3) is 5.02. The highest BCUT2D eigenvalue weighted by Crippen LogP contribution is 2.39. The predicted molar refractivity (Wildman–Crippen MR) is 79.7 cm³/mol. The van der Waals surface area contributed by atoms with Crippen LogP contribution in [0.25, 0.3) is 0 Å². The molecule has 0 fully saturated rings. The van der Waals surface area contributed by atoms with Gasteiger partial charge in [-0.1, -0.05) is 23.9 Å². The second-order valence-electron chi connectivity index (χ2n) is 4.40. The first-order valence-corrected chi connectivity index (χ1v) is 8.60. The standard InChI is InChI=1S/C14H13O5PS/c15-14(16)11-3-7-13(8-4-11)21-12-5-1-10(2-6-12)9-20(17,18)19/h1-8H,9H2,(H,15,16)(H2,17,18,19). The first kappa shape index (κ1) is 15.8. The maximum absolute atomic E-state index is 10.9. The molecule has 0 unspecified atom stereocenters. The van der Waals surface area contributed by atoms with Crippen molar-refractivity contribution in [1.29, 1.82) is 0 Å². The summed E-state index contributed by atoms with van der Waals surface area (Å²) in [5.41, 5.74) is 0.810. The number of carbonyl (C=O) groups is 1. The smallest absolute Gasteiger partial charge is 0.335 e. The Labute approximate surface area is 125 Å². The van der Waals surface area contributed by atoms with Gasteiger partial charge >= 0.3 is 13.6 Å². The van der Waals surface area contributed by atoms with Crippen LogP contribution in [0.4, 0.5) is 0 Å². The molecular weight excluding hydrogens is 311 g/mol. The molecule has 2 rings (SSSR count). The Morgan fingerprint density at radius 3 is 1.86 bits per heavy atom. The molecule has 0 aliphatic heterocycles. The summed E-state index contributed by atoms with van der Waals surface area (Å²) >= 11 is 1.45. The first-order valence-electron chi connectivity index (χ1n) is 5.98. The van der Waals surface area contributed by atoms with Crippen LogP contribution in [0.1, 0.15) is 15.9 Å². The molecule has 0 heterocycles. The van der Waals surface area contributed by atoms with E-state index in [1.54, 1.807) is 36.4 Å². The van der Waals surface area contributed by atoms with Gasteiger partial charge in [-0.2, -0.15) is 0 Å². The number of aromatic carboxylic acids is 1. The van der Waals surface area contributed by atoms with Crippen LogP contribution in [-0.2, 0) is 10.7 Å². The Morgan fingerprint density at radius 1 is 0.952 bits per heavy atom. The average molecular weight is 324 g/mol. The summed E-state index contributed by atoms with van der Waals surface area (Å²) in [6.45, 7) is 0. The topological polar surface area (TPSA) is 94.8 Å². The van der Waals surface area contributed by atoms with Crippen LogP contribution in [0.15, 0.2) is 58.3 Å². The average Bonchev–Trinajstić information content (AvgIpc) is 2.40. The Hall–Kier alpha value is -1.59. The van der Waals surface area contributed by atoms with Gasteiger partial charge in [0.1, 0.15) is 0 Å². The fourth-order valence-corrected chi connectivity index (χ4v) is 3.21. The number of carboxylic acid groups (broad SMARTS) is 1. The van der Waals surface area contributed by atoms with Gasteiger partial charge in [-0.25, -0.2) is 4.79 Å². The van der Waals surface area contributed by atoms with E-state index in [2.05, 4.69) is 0 Å². The fourth-order valence-electron chi connectivity index (χ4n) is 1.70. The molecule has 0 aliphatic carbocycles.